The van der Waals surface area contributed by atoms with Gasteiger partial charge in [-0.1, -0.05) is 0 Å². The highest BCUT2D eigenvalue weighted by Gasteiger charge is 2.22. The van der Waals surface area contributed by atoms with Crippen molar-refractivity contribution in [1.82, 2.24) is 10.6 Å². The van der Waals surface area contributed by atoms with Crippen LogP contribution in [-0.4, -0.2) is 61.5 Å². The molecule has 1 fully saturated rings. The van der Waals surface area contributed by atoms with Crippen LogP contribution in [0.1, 0.15) is 0 Å². The van der Waals surface area contributed by atoms with Gasteiger partial charge < -0.3 is 20.5 Å². The van der Waals surface area contributed by atoms with E-state index in [4.69, 9.17) is 9.84 Å². The lowest BCUT2D eigenvalue weighted by molar-refractivity contribution is -0.124. The third-order valence-corrected chi connectivity index (χ3v) is 3.23. The average molecular weight is 234 g/mol. The summed E-state index contributed by atoms with van der Waals surface area (Å²) in [6.45, 7) is 1.10. The minimum absolute atomic E-state index is 0.0571. The van der Waals surface area contributed by atoms with Crippen molar-refractivity contribution in [2.24, 2.45) is 0 Å². The molecular weight excluding hydrogens is 216 g/mol. The Labute approximate surface area is 93.9 Å². The quantitative estimate of drug-likeness (QED) is 0.558. The van der Waals surface area contributed by atoms with Crippen molar-refractivity contribution in [3.05, 3.63) is 0 Å². The van der Waals surface area contributed by atoms with Crippen LogP contribution in [0.3, 0.4) is 0 Å². The van der Waals surface area contributed by atoms with Crippen LogP contribution in [0.2, 0.25) is 0 Å². The lowest BCUT2D eigenvalue weighted by Gasteiger charge is -2.24. The van der Waals surface area contributed by atoms with Gasteiger partial charge in [-0.2, -0.15) is 11.8 Å². The fraction of sp³-hybridized carbons (Fsp3) is 0.889. The average Bonchev–Trinajstić information content (AvgIpc) is 2.29. The first-order chi connectivity index (χ1) is 7.27. The predicted molar refractivity (Wildman–Crippen MR) is 60.0 cm³/mol. The number of carbonyl (C=O) groups excluding carboxylic acids is 1. The van der Waals surface area contributed by atoms with Crippen molar-refractivity contribution in [2.75, 3.05) is 38.4 Å². The minimum atomic E-state index is -0.309. The monoisotopic (exact) mass is 234 g/mol. The molecule has 88 valence electrons. The number of methoxy groups -OCH3 is 1. The maximum atomic E-state index is 11.7. The number of thioether (sulfide) groups is 1. The molecule has 3 N–H and O–H groups in total. The molecule has 6 heteroatoms. The van der Waals surface area contributed by atoms with E-state index in [1.165, 1.54) is 0 Å². The molecule has 0 radical (unpaired) electrons. The van der Waals surface area contributed by atoms with Crippen LogP contribution < -0.4 is 10.6 Å². The van der Waals surface area contributed by atoms with Crippen molar-refractivity contribution in [1.29, 1.82) is 0 Å². The van der Waals surface area contributed by atoms with E-state index in [1.807, 2.05) is 0 Å². The lowest BCUT2D eigenvalue weighted by atomic mass is 10.2. The summed E-state index contributed by atoms with van der Waals surface area (Å²) >= 11 is 1.76. The molecule has 0 aromatic carbocycles. The third-order valence-electron chi connectivity index (χ3n) is 2.17. The maximum absolute atomic E-state index is 11.7. The summed E-state index contributed by atoms with van der Waals surface area (Å²) in [6, 6.07) is -0.453. The normalized spacial score (nSPS) is 23.5. The van der Waals surface area contributed by atoms with Crippen LogP contribution in [0.4, 0.5) is 0 Å². The van der Waals surface area contributed by atoms with E-state index in [0.29, 0.717) is 6.61 Å². The van der Waals surface area contributed by atoms with Crippen molar-refractivity contribution < 1.29 is 14.6 Å². The van der Waals surface area contributed by atoms with E-state index >= 15 is 0 Å². The van der Waals surface area contributed by atoms with Gasteiger partial charge in [0.15, 0.2) is 0 Å². The fourth-order valence-electron chi connectivity index (χ4n) is 1.38. The molecule has 1 rings (SSSR count). The second kappa shape index (κ2) is 7.05. The molecular formula is C9H18N2O3S. The van der Waals surface area contributed by atoms with Crippen molar-refractivity contribution >= 4 is 17.7 Å². The highest BCUT2D eigenvalue weighted by molar-refractivity contribution is 7.99. The summed E-state index contributed by atoms with van der Waals surface area (Å²) < 4.78 is 4.88. The number of hydrogen-bond donors (Lipinski definition) is 3. The van der Waals surface area contributed by atoms with Crippen molar-refractivity contribution in [2.45, 2.75) is 12.1 Å². The van der Waals surface area contributed by atoms with E-state index in [9.17, 15) is 4.79 Å². The number of aliphatic hydroxyl groups is 1. The standard InChI is InChI=1S/C9H18N2O3S/c1-14-5-7(4-12)11-9(13)8-6-15-3-2-10-8/h7-8,10,12H,2-6H2,1H3,(H,11,13). The maximum Gasteiger partial charge on any atom is 0.238 e. The van der Waals surface area contributed by atoms with Gasteiger partial charge in [-0.3, -0.25) is 4.79 Å². The van der Waals surface area contributed by atoms with Gasteiger partial charge in [0.1, 0.15) is 0 Å². The van der Waals surface area contributed by atoms with Crippen LogP contribution in [0, 0.1) is 0 Å². The minimum Gasteiger partial charge on any atom is -0.394 e. The second-order valence-corrected chi connectivity index (χ2v) is 4.57. The molecule has 1 heterocycles. The summed E-state index contributed by atoms with van der Waals surface area (Å²) in [7, 11) is 1.55. The Morgan fingerprint density at radius 2 is 2.60 bits per heavy atom. The second-order valence-electron chi connectivity index (χ2n) is 3.43. The number of nitrogens with one attached hydrogen (secondary N) is 2. The first kappa shape index (κ1) is 12.8. The van der Waals surface area contributed by atoms with Crippen LogP contribution in [-0.2, 0) is 9.53 Å². The number of carbonyl (C=O) groups is 1. The van der Waals surface area contributed by atoms with Gasteiger partial charge in [0.25, 0.3) is 0 Å². The highest BCUT2D eigenvalue weighted by Crippen LogP contribution is 2.07. The summed E-state index contributed by atoms with van der Waals surface area (Å²) in [4.78, 5) is 11.7. The Kier molecular flexibility index (Phi) is 6.00. The van der Waals surface area contributed by atoms with Crippen LogP contribution in [0.25, 0.3) is 0 Å². The van der Waals surface area contributed by atoms with Crippen LogP contribution in [0.15, 0.2) is 0 Å². The molecule has 0 bridgehead atoms. The first-order valence-electron chi connectivity index (χ1n) is 4.99. The largest absolute Gasteiger partial charge is 0.394 e. The van der Waals surface area contributed by atoms with E-state index < -0.39 is 0 Å². The zero-order valence-corrected chi connectivity index (χ0v) is 9.68. The molecule has 0 aromatic rings. The molecule has 1 aliphatic heterocycles. The first-order valence-corrected chi connectivity index (χ1v) is 6.14. The van der Waals surface area contributed by atoms with Crippen molar-refractivity contribution in [3.8, 4) is 0 Å². The van der Waals surface area contributed by atoms with E-state index in [-0.39, 0.29) is 24.6 Å². The molecule has 15 heavy (non-hydrogen) atoms. The predicted octanol–water partition coefficient (Wildman–Crippen LogP) is -1.19. The van der Waals surface area contributed by atoms with Gasteiger partial charge >= 0.3 is 0 Å². The van der Waals surface area contributed by atoms with Gasteiger partial charge in [-0.25, -0.2) is 0 Å². The topological polar surface area (TPSA) is 70.6 Å². The van der Waals surface area contributed by atoms with Gasteiger partial charge in [-0.15, -0.1) is 0 Å². The highest BCUT2D eigenvalue weighted by atomic mass is 32.2. The SMILES string of the molecule is COCC(CO)NC(=O)C1CSCCN1. The molecule has 2 atom stereocenters. The van der Waals surface area contributed by atoms with E-state index in [1.54, 1.807) is 18.9 Å². The van der Waals surface area contributed by atoms with Gasteiger partial charge in [0, 0.05) is 25.2 Å². The number of aliphatic hydroxyl groups excluding tert-OH is 1. The smallest absolute Gasteiger partial charge is 0.238 e. The number of rotatable bonds is 5. The Morgan fingerprint density at radius 1 is 1.80 bits per heavy atom. The van der Waals surface area contributed by atoms with Gasteiger partial charge in [-0.05, 0) is 0 Å². The molecule has 1 amide bonds. The van der Waals surface area contributed by atoms with Gasteiger partial charge in [0.2, 0.25) is 5.91 Å². The fourth-order valence-corrected chi connectivity index (χ4v) is 2.31. The Balaban J connectivity index is 2.31. The Hall–Kier alpha value is -0.300. The zero-order chi connectivity index (χ0) is 11.1. The third kappa shape index (κ3) is 4.38. The Bertz CT molecular complexity index is 198. The number of ether oxygens (including phenoxy) is 1. The van der Waals surface area contributed by atoms with Crippen LogP contribution >= 0.6 is 11.8 Å². The molecule has 1 aliphatic rings. The van der Waals surface area contributed by atoms with Crippen LogP contribution in [0.5, 0.6) is 0 Å². The summed E-state index contributed by atoms with van der Waals surface area (Å²) in [6.07, 6.45) is 0. The molecule has 2 unspecified atom stereocenters. The zero-order valence-electron chi connectivity index (χ0n) is 8.86. The van der Waals surface area contributed by atoms with Crippen molar-refractivity contribution in [3.63, 3.8) is 0 Å². The molecule has 0 spiro atoms. The molecule has 5 nitrogen and oxygen atoms in total. The molecule has 0 aliphatic carbocycles. The summed E-state index contributed by atoms with van der Waals surface area (Å²) in [5.41, 5.74) is 0. The summed E-state index contributed by atoms with van der Waals surface area (Å²) in [5, 5.41) is 14.9. The lowest BCUT2D eigenvalue weighted by Crippen LogP contribution is -2.53. The Morgan fingerprint density at radius 3 is 3.13 bits per heavy atom. The van der Waals surface area contributed by atoms with E-state index in [2.05, 4.69) is 10.6 Å². The molecule has 0 saturated carbocycles. The van der Waals surface area contributed by atoms with E-state index in [0.717, 1.165) is 18.1 Å². The number of hydrogen-bond acceptors (Lipinski definition) is 5. The molecule has 0 aromatic heterocycles. The molecule has 1 saturated heterocycles. The number of amides is 1. The van der Waals surface area contributed by atoms with Gasteiger partial charge in [0.05, 0.1) is 25.3 Å². The summed E-state index contributed by atoms with van der Waals surface area (Å²) in [5.74, 6) is 1.78.